The number of hydrogen-bond donors (Lipinski definition) is 2. The van der Waals surface area contributed by atoms with Crippen LogP contribution in [0.4, 0.5) is 0 Å². The molecule has 0 aromatic heterocycles. The van der Waals surface area contributed by atoms with E-state index < -0.39 is 11.5 Å². The molecule has 1 amide bonds. The van der Waals surface area contributed by atoms with Crippen LogP contribution in [0, 0.1) is 0 Å². The van der Waals surface area contributed by atoms with E-state index in [1.807, 2.05) is 6.92 Å². The average Bonchev–Trinajstić information content (AvgIpc) is 2.41. The Morgan fingerprint density at radius 1 is 1.29 bits per heavy atom. The van der Waals surface area contributed by atoms with Gasteiger partial charge in [0, 0.05) is 7.11 Å². The molecule has 0 saturated heterocycles. The Morgan fingerprint density at radius 2 is 1.90 bits per heavy atom. The SMILES string of the molecule is CCOc1ccc(CC(=O)NC(C)(COC)C(=O)O)cc1. The van der Waals surface area contributed by atoms with Gasteiger partial charge in [-0.15, -0.1) is 0 Å². The zero-order valence-corrected chi connectivity index (χ0v) is 12.5. The molecule has 0 saturated carbocycles. The molecule has 0 radical (unpaired) electrons. The molecule has 0 bridgehead atoms. The number of amides is 1. The number of rotatable bonds is 8. The highest BCUT2D eigenvalue weighted by Gasteiger charge is 2.34. The number of carboxylic acids is 1. The first kappa shape index (κ1) is 17.0. The fourth-order valence-electron chi connectivity index (χ4n) is 1.85. The van der Waals surface area contributed by atoms with Crippen molar-refractivity contribution in [3.05, 3.63) is 29.8 Å². The zero-order chi connectivity index (χ0) is 15.9. The predicted molar refractivity (Wildman–Crippen MR) is 77.4 cm³/mol. The van der Waals surface area contributed by atoms with Crippen LogP contribution in [0.1, 0.15) is 19.4 Å². The van der Waals surface area contributed by atoms with Crippen molar-refractivity contribution in [3.63, 3.8) is 0 Å². The van der Waals surface area contributed by atoms with Gasteiger partial charge < -0.3 is 19.9 Å². The van der Waals surface area contributed by atoms with E-state index in [4.69, 9.17) is 14.6 Å². The van der Waals surface area contributed by atoms with Crippen LogP contribution in [0.2, 0.25) is 0 Å². The van der Waals surface area contributed by atoms with Gasteiger partial charge in [-0.1, -0.05) is 12.1 Å². The van der Waals surface area contributed by atoms with Crippen LogP contribution in [-0.2, 0) is 20.7 Å². The summed E-state index contributed by atoms with van der Waals surface area (Å²) >= 11 is 0. The monoisotopic (exact) mass is 295 g/mol. The molecule has 2 N–H and O–H groups in total. The van der Waals surface area contributed by atoms with E-state index in [0.717, 1.165) is 11.3 Å². The minimum absolute atomic E-state index is 0.0962. The van der Waals surface area contributed by atoms with Crippen LogP contribution < -0.4 is 10.1 Å². The molecular weight excluding hydrogens is 274 g/mol. The Bertz CT molecular complexity index is 485. The average molecular weight is 295 g/mol. The van der Waals surface area contributed by atoms with Gasteiger partial charge in [0.2, 0.25) is 5.91 Å². The van der Waals surface area contributed by atoms with E-state index in [2.05, 4.69) is 5.32 Å². The number of carbonyl (C=O) groups is 2. The number of carboxylic acid groups (broad SMARTS) is 1. The summed E-state index contributed by atoms with van der Waals surface area (Å²) in [5, 5.41) is 11.7. The quantitative estimate of drug-likeness (QED) is 0.753. The Kier molecular flexibility index (Phi) is 6.17. The number of carbonyl (C=O) groups excluding carboxylic acids is 1. The van der Waals surface area contributed by atoms with E-state index in [1.54, 1.807) is 24.3 Å². The fraction of sp³-hybridized carbons (Fsp3) is 0.467. The molecule has 21 heavy (non-hydrogen) atoms. The molecule has 116 valence electrons. The second-order valence-corrected chi connectivity index (χ2v) is 4.87. The highest BCUT2D eigenvalue weighted by atomic mass is 16.5. The van der Waals surface area contributed by atoms with Crippen LogP contribution in [0.5, 0.6) is 5.75 Å². The smallest absolute Gasteiger partial charge is 0.331 e. The summed E-state index contributed by atoms with van der Waals surface area (Å²) in [4.78, 5) is 23.2. The van der Waals surface area contributed by atoms with Gasteiger partial charge in [0.1, 0.15) is 5.75 Å². The van der Waals surface area contributed by atoms with Crippen molar-refractivity contribution in [2.45, 2.75) is 25.8 Å². The number of methoxy groups -OCH3 is 1. The minimum Gasteiger partial charge on any atom is -0.494 e. The molecule has 0 aliphatic rings. The second-order valence-electron chi connectivity index (χ2n) is 4.87. The summed E-state index contributed by atoms with van der Waals surface area (Å²) in [5.74, 6) is -0.776. The minimum atomic E-state index is -1.43. The van der Waals surface area contributed by atoms with Gasteiger partial charge in [-0.3, -0.25) is 4.79 Å². The molecule has 6 heteroatoms. The van der Waals surface area contributed by atoms with E-state index >= 15 is 0 Å². The molecule has 0 heterocycles. The summed E-state index contributed by atoms with van der Waals surface area (Å²) in [7, 11) is 1.39. The summed E-state index contributed by atoms with van der Waals surface area (Å²) in [6.45, 7) is 3.78. The van der Waals surface area contributed by atoms with Gasteiger partial charge >= 0.3 is 5.97 Å². The highest BCUT2D eigenvalue weighted by Crippen LogP contribution is 2.13. The Hall–Kier alpha value is -2.08. The first-order valence-electron chi connectivity index (χ1n) is 6.66. The summed E-state index contributed by atoms with van der Waals surface area (Å²) in [6.07, 6.45) is 0.0962. The van der Waals surface area contributed by atoms with Gasteiger partial charge in [-0.25, -0.2) is 4.79 Å². The van der Waals surface area contributed by atoms with Crippen molar-refractivity contribution < 1.29 is 24.2 Å². The maximum absolute atomic E-state index is 12.0. The third kappa shape index (κ3) is 5.07. The van der Waals surface area contributed by atoms with Crippen LogP contribution in [0.15, 0.2) is 24.3 Å². The van der Waals surface area contributed by atoms with Crippen molar-refractivity contribution in [2.75, 3.05) is 20.3 Å². The molecule has 1 rings (SSSR count). The lowest BCUT2D eigenvalue weighted by atomic mass is 10.0. The van der Waals surface area contributed by atoms with Crippen molar-refractivity contribution in [1.29, 1.82) is 0 Å². The van der Waals surface area contributed by atoms with Crippen LogP contribution in [-0.4, -0.2) is 42.8 Å². The third-order valence-corrected chi connectivity index (χ3v) is 2.92. The van der Waals surface area contributed by atoms with Gasteiger partial charge in [0.15, 0.2) is 5.54 Å². The van der Waals surface area contributed by atoms with Crippen LogP contribution in [0.3, 0.4) is 0 Å². The highest BCUT2D eigenvalue weighted by molar-refractivity contribution is 5.87. The molecule has 1 atom stereocenters. The molecule has 0 aliphatic heterocycles. The second kappa shape index (κ2) is 7.64. The maximum Gasteiger partial charge on any atom is 0.331 e. The number of benzene rings is 1. The third-order valence-electron chi connectivity index (χ3n) is 2.92. The van der Waals surface area contributed by atoms with Crippen LogP contribution >= 0.6 is 0 Å². The van der Waals surface area contributed by atoms with Crippen molar-refractivity contribution in [1.82, 2.24) is 5.32 Å². The molecule has 0 aliphatic carbocycles. The number of ether oxygens (including phenoxy) is 2. The fourth-order valence-corrected chi connectivity index (χ4v) is 1.85. The standard InChI is InChI=1S/C15H21NO5/c1-4-21-12-7-5-11(6-8-12)9-13(17)16-15(2,10-20-3)14(18)19/h5-8H,4,9-10H2,1-3H3,(H,16,17)(H,18,19). The van der Waals surface area contributed by atoms with E-state index in [-0.39, 0.29) is 18.9 Å². The normalized spacial score (nSPS) is 13.3. The lowest BCUT2D eigenvalue weighted by molar-refractivity contribution is -0.149. The Morgan fingerprint density at radius 3 is 2.38 bits per heavy atom. The summed E-state index contributed by atoms with van der Waals surface area (Å²) in [6, 6.07) is 7.10. The maximum atomic E-state index is 12.0. The van der Waals surface area contributed by atoms with E-state index in [0.29, 0.717) is 6.61 Å². The van der Waals surface area contributed by atoms with Crippen molar-refractivity contribution >= 4 is 11.9 Å². The topological polar surface area (TPSA) is 84.9 Å². The van der Waals surface area contributed by atoms with E-state index in [9.17, 15) is 9.59 Å². The lowest BCUT2D eigenvalue weighted by Gasteiger charge is -2.25. The predicted octanol–water partition coefficient (Wildman–Crippen LogP) is 1.23. The summed E-state index contributed by atoms with van der Waals surface area (Å²) in [5.41, 5.74) is -0.655. The molecule has 1 unspecified atom stereocenters. The molecule has 0 fully saturated rings. The zero-order valence-electron chi connectivity index (χ0n) is 12.5. The van der Waals surface area contributed by atoms with Gasteiger partial charge in [0.25, 0.3) is 0 Å². The van der Waals surface area contributed by atoms with Crippen molar-refractivity contribution in [3.8, 4) is 5.75 Å². The largest absolute Gasteiger partial charge is 0.494 e. The molecule has 1 aromatic carbocycles. The number of hydrogen-bond acceptors (Lipinski definition) is 4. The Labute approximate surface area is 124 Å². The lowest BCUT2D eigenvalue weighted by Crippen LogP contribution is -2.55. The van der Waals surface area contributed by atoms with Gasteiger partial charge in [-0.05, 0) is 31.5 Å². The van der Waals surface area contributed by atoms with Gasteiger partial charge in [0.05, 0.1) is 19.6 Å². The number of aliphatic carboxylic acids is 1. The Balaban J connectivity index is 2.65. The molecule has 0 spiro atoms. The molecule has 6 nitrogen and oxygen atoms in total. The molecular formula is C15H21NO5. The number of nitrogens with one attached hydrogen (secondary N) is 1. The first-order chi connectivity index (χ1) is 9.91. The van der Waals surface area contributed by atoms with Gasteiger partial charge in [-0.2, -0.15) is 0 Å². The van der Waals surface area contributed by atoms with Crippen molar-refractivity contribution in [2.24, 2.45) is 0 Å². The first-order valence-corrected chi connectivity index (χ1v) is 6.66. The van der Waals surface area contributed by atoms with E-state index in [1.165, 1.54) is 14.0 Å². The summed E-state index contributed by atoms with van der Waals surface area (Å²) < 4.78 is 10.2. The molecule has 1 aromatic rings. The van der Waals surface area contributed by atoms with Crippen LogP contribution in [0.25, 0.3) is 0 Å².